The summed E-state index contributed by atoms with van der Waals surface area (Å²) in [4.78, 5) is 12.9. The Labute approximate surface area is 127 Å². The molecule has 0 saturated carbocycles. The van der Waals surface area contributed by atoms with Gasteiger partial charge in [-0.2, -0.15) is 0 Å². The Morgan fingerprint density at radius 3 is 2.55 bits per heavy atom. The molecule has 0 atom stereocenters. The van der Waals surface area contributed by atoms with Gasteiger partial charge in [0.2, 0.25) is 0 Å². The highest BCUT2D eigenvalue weighted by atomic mass is 35.5. The molecule has 0 amide bonds. The zero-order valence-corrected chi connectivity index (χ0v) is 12.6. The lowest BCUT2D eigenvalue weighted by Crippen LogP contribution is -2.05. The third-order valence-corrected chi connectivity index (χ3v) is 4.18. The molecule has 104 valence electrons. The number of aryl methyl sites for hydroxylation is 1. The van der Waals surface area contributed by atoms with Gasteiger partial charge in [-0.25, -0.2) is 4.39 Å². The summed E-state index contributed by atoms with van der Waals surface area (Å²) in [6.45, 7) is 2.02. The van der Waals surface area contributed by atoms with Gasteiger partial charge in [0.25, 0.3) is 0 Å². The zero-order chi connectivity index (χ0) is 14.5. The standard InChI is InChI=1S/C16H14ClFOS/c1-11-2-5-14(6-3-11)20-10-13(19)8-12-4-7-15(17)16(18)9-12/h2-7,9H,8,10H2,1H3. The highest BCUT2D eigenvalue weighted by Crippen LogP contribution is 2.20. The van der Waals surface area contributed by atoms with Crippen LogP contribution >= 0.6 is 23.4 Å². The van der Waals surface area contributed by atoms with Crippen molar-refractivity contribution in [1.82, 2.24) is 0 Å². The van der Waals surface area contributed by atoms with E-state index in [1.165, 1.54) is 29.5 Å². The van der Waals surface area contributed by atoms with Crippen LogP contribution < -0.4 is 0 Å². The van der Waals surface area contributed by atoms with E-state index in [-0.39, 0.29) is 17.2 Å². The van der Waals surface area contributed by atoms with Gasteiger partial charge in [0.1, 0.15) is 11.6 Å². The molecule has 1 nitrogen and oxygen atoms in total. The van der Waals surface area contributed by atoms with E-state index in [2.05, 4.69) is 0 Å². The van der Waals surface area contributed by atoms with E-state index in [1.807, 2.05) is 31.2 Å². The van der Waals surface area contributed by atoms with Crippen molar-refractivity contribution in [3.63, 3.8) is 0 Å². The van der Waals surface area contributed by atoms with Crippen molar-refractivity contribution >= 4 is 29.1 Å². The van der Waals surface area contributed by atoms with E-state index in [0.29, 0.717) is 11.3 Å². The van der Waals surface area contributed by atoms with Gasteiger partial charge in [0.05, 0.1) is 10.8 Å². The molecule has 0 N–H and O–H groups in total. The predicted molar refractivity (Wildman–Crippen MR) is 82.0 cm³/mol. The maximum absolute atomic E-state index is 13.3. The van der Waals surface area contributed by atoms with Gasteiger partial charge >= 0.3 is 0 Å². The number of thioether (sulfide) groups is 1. The summed E-state index contributed by atoms with van der Waals surface area (Å²) in [6.07, 6.45) is 0.229. The minimum Gasteiger partial charge on any atom is -0.298 e. The van der Waals surface area contributed by atoms with Gasteiger partial charge in [0.15, 0.2) is 0 Å². The lowest BCUT2D eigenvalue weighted by Gasteiger charge is -2.03. The van der Waals surface area contributed by atoms with Crippen LogP contribution in [0.3, 0.4) is 0 Å². The van der Waals surface area contributed by atoms with E-state index >= 15 is 0 Å². The fraction of sp³-hybridized carbons (Fsp3) is 0.188. The second-order valence-electron chi connectivity index (χ2n) is 4.57. The third-order valence-electron chi connectivity index (χ3n) is 2.81. The second-order valence-corrected chi connectivity index (χ2v) is 6.02. The third kappa shape index (κ3) is 4.36. The molecule has 20 heavy (non-hydrogen) atoms. The first kappa shape index (κ1) is 15.1. The molecule has 0 bridgehead atoms. The summed E-state index contributed by atoms with van der Waals surface area (Å²) in [6, 6.07) is 12.5. The summed E-state index contributed by atoms with van der Waals surface area (Å²) >= 11 is 7.10. The molecule has 2 rings (SSSR count). The number of carbonyl (C=O) groups is 1. The maximum atomic E-state index is 13.3. The second kappa shape index (κ2) is 6.91. The molecule has 2 aromatic rings. The first-order valence-corrected chi connectivity index (χ1v) is 7.56. The Balaban J connectivity index is 1.89. The summed E-state index contributed by atoms with van der Waals surface area (Å²) in [5.41, 5.74) is 1.85. The van der Waals surface area contributed by atoms with Crippen molar-refractivity contribution in [2.24, 2.45) is 0 Å². The summed E-state index contributed by atoms with van der Waals surface area (Å²) in [7, 11) is 0. The fourth-order valence-electron chi connectivity index (χ4n) is 1.73. The molecular formula is C16H14ClFOS. The minimum absolute atomic E-state index is 0.0669. The van der Waals surface area contributed by atoms with Crippen LogP contribution in [0.25, 0.3) is 0 Å². The summed E-state index contributed by atoms with van der Waals surface area (Å²) < 4.78 is 13.3. The number of ketones is 1. The van der Waals surface area contributed by atoms with Crippen LogP contribution in [0, 0.1) is 12.7 Å². The number of hydrogen-bond acceptors (Lipinski definition) is 2. The van der Waals surface area contributed by atoms with Crippen molar-refractivity contribution in [2.75, 3.05) is 5.75 Å². The highest BCUT2D eigenvalue weighted by Gasteiger charge is 2.07. The molecule has 2 aromatic carbocycles. The normalized spacial score (nSPS) is 10.6. The lowest BCUT2D eigenvalue weighted by molar-refractivity contribution is -0.116. The molecule has 0 spiro atoms. The monoisotopic (exact) mass is 308 g/mol. The van der Waals surface area contributed by atoms with Gasteiger partial charge in [-0.1, -0.05) is 35.4 Å². The van der Waals surface area contributed by atoms with Crippen molar-refractivity contribution in [3.05, 3.63) is 64.4 Å². The molecule has 0 unspecified atom stereocenters. The maximum Gasteiger partial charge on any atom is 0.147 e. The molecule has 0 saturated heterocycles. The zero-order valence-electron chi connectivity index (χ0n) is 11.0. The van der Waals surface area contributed by atoms with Crippen molar-refractivity contribution in [3.8, 4) is 0 Å². The van der Waals surface area contributed by atoms with Gasteiger partial charge < -0.3 is 0 Å². The molecule has 0 radical (unpaired) electrons. The van der Waals surface area contributed by atoms with E-state index in [4.69, 9.17) is 11.6 Å². The van der Waals surface area contributed by atoms with Crippen LogP contribution in [-0.4, -0.2) is 11.5 Å². The largest absolute Gasteiger partial charge is 0.298 e. The first-order chi connectivity index (χ1) is 9.54. The number of carbonyl (C=O) groups excluding carboxylic acids is 1. The van der Waals surface area contributed by atoms with E-state index in [1.54, 1.807) is 6.07 Å². The Hall–Kier alpha value is -1.32. The Morgan fingerprint density at radius 1 is 1.20 bits per heavy atom. The fourth-order valence-corrected chi connectivity index (χ4v) is 2.60. The van der Waals surface area contributed by atoms with Crippen LogP contribution in [0.15, 0.2) is 47.4 Å². The molecular weight excluding hydrogens is 295 g/mol. The highest BCUT2D eigenvalue weighted by molar-refractivity contribution is 8.00. The minimum atomic E-state index is -0.483. The summed E-state index contributed by atoms with van der Waals surface area (Å²) in [5, 5.41) is 0.0789. The Bertz CT molecular complexity index is 610. The molecule has 0 aliphatic carbocycles. The quantitative estimate of drug-likeness (QED) is 0.745. The van der Waals surface area contributed by atoms with E-state index in [0.717, 1.165) is 4.90 Å². The Kier molecular flexibility index (Phi) is 5.21. The summed E-state index contributed by atoms with van der Waals surface area (Å²) in [5.74, 6) is -0.0340. The lowest BCUT2D eigenvalue weighted by atomic mass is 10.1. The Morgan fingerprint density at radius 2 is 1.90 bits per heavy atom. The van der Waals surface area contributed by atoms with Gasteiger partial charge in [-0.3, -0.25) is 4.79 Å². The number of benzene rings is 2. The van der Waals surface area contributed by atoms with Crippen LogP contribution in [0.4, 0.5) is 4.39 Å². The molecule has 0 heterocycles. The van der Waals surface area contributed by atoms with Crippen molar-refractivity contribution in [1.29, 1.82) is 0 Å². The number of hydrogen-bond donors (Lipinski definition) is 0. The average molecular weight is 309 g/mol. The van der Waals surface area contributed by atoms with Crippen LogP contribution in [0.5, 0.6) is 0 Å². The topological polar surface area (TPSA) is 17.1 Å². The SMILES string of the molecule is Cc1ccc(SCC(=O)Cc2ccc(Cl)c(F)c2)cc1. The van der Waals surface area contributed by atoms with Gasteiger partial charge in [0, 0.05) is 11.3 Å². The molecule has 4 heteroatoms. The van der Waals surface area contributed by atoms with Crippen molar-refractivity contribution in [2.45, 2.75) is 18.2 Å². The van der Waals surface area contributed by atoms with Crippen LogP contribution in [-0.2, 0) is 11.2 Å². The van der Waals surface area contributed by atoms with E-state index < -0.39 is 5.82 Å². The number of halogens is 2. The molecule has 0 aliphatic rings. The number of rotatable bonds is 5. The molecule has 0 aliphatic heterocycles. The molecule has 0 fully saturated rings. The van der Waals surface area contributed by atoms with Gasteiger partial charge in [-0.05, 0) is 36.8 Å². The molecule has 0 aromatic heterocycles. The van der Waals surface area contributed by atoms with Crippen LogP contribution in [0.2, 0.25) is 5.02 Å². The van der Waals surface area contributed by atoms with Crippen molar-refractivity contribution < 1.29 is 9.18 Å². The predicted octanol–water partition coefficient (Wildman–Crippen LogP) is 4.69. The first-order valence-electron chi connectivity index (χ1n) is 6.19. The van der Waals surface area contributed by atoms with Crippen LogP contribution in [0.1, 0.15) is 11.1 Å². The number of Topliss-reactive ketones (excluding diaryl/α,β-unsaturated/α-hetero) is 1. The smallest absolute Gasteiger partial charge is 0.147 e. The average Bonchev–Trinajstić information content (AvgIpc) is 2.42. The van der Waals surface area contributed by atoms with E-state index in [9.17, 15) is 9.18 Å². The van der Waals surface area contributed by atoms with Gasteiger partial charge in [-0.15, -0.1) is 11.8 Å².